The molecule has 0 spiro atoms. The van der Waals surface area contributed by atoms with Gasteiger partial charge in [-0.2, -0.15) is 0 Å². The Kier molecular flexibility index (Phi) is 4.50. The van der Waals surface area contributed by atoms with E-state index in [1.807, 2.05) is 6.92 Å². The third-order valence-corrected chi connectivity index (χ3v) is 2.03. The molecule has 0 saturated heterocycles. The Balaban J connectivity index is 2.40. The summed E-state index contributed by atoms with van der Waals surface area (Å²) in [7, 11) is 0. The summed E-state index contributed by atoms with van der Waals surface area (Å²) < 4.78 is 1.45. The van der Waals surface area contributed by atoms with Crippen LogP contribution in [0.3, 0.4) is 0 Å². The number of nitrogens with zero attached hydrogens (tertiary/aromatic N) is 2. The standard InChI is InChI=1S/C10H15N3O3/c1-2-3-4-11-9(14)6-13-5-8(10(15)16)12-7-13/h5,7H,2-4,6H2,1H3,(H,11,14)(H,15,16). The Bertz CT molecular complexity index is 373. The van der Waals surface area contributed by atoms with Crippen LogP contribution >= 0.6 is 0 Å². The fourth-order valence-corrected chi connectivity index (χ4v) is 1.18. The molecule has 1 rings (SSSR count). The van der Waals surface area contributed by atoms with E-state index in [0.29, 0.717) is 6.54 Å². The molecule has 0 radical (unpaired) electrons. The molecule has 1 aromatic rings. The van der Waals surface area contributed by atoms with Crippen LogP contribution in [0.5, 0.6) is 0 Å². The molecule has 0 aliphatic heterocycles. The molecule has 1 heterocycles. The minimum Gasteiger partial charge on any atom is -0.476 e. The first-order chi connectivity index (χ1) is 7.63. The van der Waals surface area contributed by atoms with E-state index in [1.54, 1.807) is 0 Å². The first kappa shape index (κ1) is 12.2. The van der Waals surface area contributed by atoms with Crippen LogP contribution in [0.4, 0.5) is 0 Å². The van der Waals surface area contributed by atoms with Crippen LogP contribution in [0.2, 0.25) is 0 Å². The third-order valence-electron chi connectivity index (χ3n) is 2.03. The molecule has 1 amide bonds. The number of rotatable bonds is 6. The van der Waals surface area contributed by atoms with Crippen molar-refractivity contribution in [3.05, 3.63) is 18.2 Å². The minimum atomic E-state index is -1.09. The maximum absolute atomic E-state index is 11.4. The van der Waals surface area contributed by atoms with E-state index in [4.69, 9.17) is 5.11 Å². The second-order valence-corrected chi connectivity index (χ2v) is 3.44. The van der Waals surface area contributed by atoms with Gasteiger partial charge < -0.3 is 15.0 Å². The van der Waals surface area contributed by atoms with Gasteiger partial charge in [-0.3, -0.25) is 4.79 Å². The molecule has 6 heteroatoms. The van der Waals surface area contributed by atoms with Crippen molar-refractivity contribution in [3.63, 3.8) is 0 Å². The summed E-state index contributed by atoms with van der Waals surface area (Å²) in [5, 5.41) is 11.4. The summed E-state index contributed by atoms with van der Waals surface area (Å²) in [5.41, 5.74) is -0.0543. The van der Waals surface area contributed by atoms with Gasteiger partial charge in [-0.1, -0.05) is 13.3 Å². The lowest BCUT2D eigenvalue weighted by Gasteiger charge is -2.04. The number of hydrogen-bond donors (Lipinski definition) is 2. The SMILES string of the molecule is CCCCNC(=O)Cn1cnc(C(=O)O)c1. The molecule has 16 heavy (non-hydrogen) atoms. The van der Waals surface area contributed by atoms with E-state index in [2.05, 4.69) is 10.3 Å². The molecular weight excluding hydrogens is 210 g/mol. The second kappa shape index (κ2) is 5.89. The molecular formula is C10H15N3O3. The van der Waals surface area contributed by atoms with Crippen LogP contribution < -0.4 is 5.32 Å². The van der Waals surface area contributed by atoms with Gasteiger partial charge in [0.15, 0.2) is 5.69 Å². The van der Waals surface area contributed by atoms with Gasteiger partial charge in [0.05, 0.1) is 6.33 Å². The van der Waals surface area contributed by atoms with E-state index in [-0.39, 0.29) is 18.1 Å². The number of unbranched alkanes of at least 4 members (excludes halogenated alkanes) is 1. The molecule has 0 aromatic carbocycles. The molecule has 0 saturated carbocycles. The summed E-state index contributed by atoms with van der Waals surface area (Å²) in [5.74, 6) is -1.23. The maximum Gasteiger partial charge on any atom is 0.356 e. The van der Waals surface area contributed by atoms with E-state index in [1.165, 1.54) is 17.1 Å². The topological polar surface area (TPSA) is 84.2 Å². The molecule has 0 bridgehead atoms. The van der Waals surface area contributed by atoms with E-state index in [9.17, 15) is 9.59 Å². The molecule has 6 nitrogen and oxygen atoms in total. The summed E-state index contributed by atoms with van der Waals surface area (Å²) in [4.78, 5) is 25.5. The predicted octanol–water partition coefficient (Wildman–Crippen LogP) is 0.498. The molecule has 0 unspecified atom stereocenters. The highest BCUT2D eigenvalue weighted by Gasteiger charge is 2.08. The van der Waals surface area contributed by atoms with Crippen molar-refractivity contribution in [3.8, 4) is 0 Å². The number of aromatic carboxylic acids is 1. The van der Waals surface area contributed by atoms with Crippen molar-refractivity contribution in [1.29, 1.82) is 0 Å². The normalized spacial score (nSPS) is 10.1. The minimum absolute atomic E-state index is 0.0543. The Morgan fingerprint density at radius 3 is 2.88 bits per heavy atom. The fourth-order valence-electron chi connectivity index (χ4n) is 1.18. The van der Waals surface area contributed by atoms with Gasteiger partial charge >= 0.3 is 5.97 Å². The lowest BCUT2D eigenvalue weighted by molar-refractivity contribution is -0.121. The smallest absolute Gasteiger partial charge is 0.356 e. The van der Waals surface area contributed by atoms with Crippen LogP contribution in [0.25, 0.3) is 0 Å². The highest BCUT2D eigenvalue weighted by atomic mass is 16.4. The zero-order valence-electron chi connectivity index (χ0n) is 9.14. The van der Waals surface area contributed by atoms with Crippen molar-refractivity contribution >= 4 is 11.9 Å². The van der Waals surface area contributed by atoms with Gasteiger partial charge in [-0.05, 0) is 6.42 Å². The molecule has 0 aliphatic carbocycles. The van der Waals surface area contributed by atoms with Gasteiger partial charge in [0.1, 0.15) is 6.54 Å². The van der Waals surface area contributed by atoms with Crippen LogP contribution in [-0.2, 0) is 11.3 Å². The zero-order valence-corrected chi connectivity index (χ0v) is 9.14. The van der Waals surface area contributed by atoms with Crippen LogP contribution in [0, 0.1) is 0 Å². The number of amides is 1. The summed E-state index contributed by atoms with van der Waals surface area (Å²) >= 11 is 0. The lowest BCUT2D eigenvalue weighted by atomic mass is 10.3. The van der Waals surface area contributed by atoms with E-state index >= 15 is 0 Å². The van der Waals surface area contributed by atoms with Gasteiger partial charge in [-0.15, -0.1) is 0 Å². The van der Waals surface area contributed by atoms with Gasteiger partial charge in [-0.25, -0.2) is 9.78 Å². The number of carboxylic acids is 1. The lowest BCUT2D eigenvalue weighted by Crippen LogP contribution is -2.27. The fraction of sp³-hybridized carbons (Fsp3) is 0.500. The Labute approximate surface area is 93.3 Å². The molecule has 1 aromatic heterocycles. The predicted molar refractivity (Wildman–Crippen MR) is 57.1 cm³/mol. The highest BCUT2D eigenvalue weighted by Crippen LogP contribution is 1.95. The van der Waals surface area contributed by atoms with Crippen LogP contribution in [0.15, 0.2) is 12.5 Å². The number of hydrogen-bond acceptors (Lipinski definition) is 3. The molecule has 0 atom stereocenters. The number of nitrogens with one attached hydrogen (secondary N) is 1. The number of carboxylic acid groups (broad SMARTS) is 1. The average molecular weight is 225 g/mol. The maximum atomic E-state index is 11.4. The van der Waals surface area contributed by atoms with Crippen molar-refractivity contribution in [1.82, 2.24) is 14.9 Å². The van der Waals surface area contributed by atoms with Gasteiger partial charge in [0, 0.05) is 12.7 Å². The highest BCUT2D eigenvalue weighted by molar-refractivity contribution is 5.85. The van der Waals surface area contributed by atoms with E-state index < -0.39 is 5.97 Å². The second-order valence-electron chi connectivity index (χ2n) is 3.44. The molecule has 2 N–H and O–H groups in total. The Morgan fingerprint density at radius 2 is 2.31 bits per heavy atom. The monoisotopic (exact) mass is 225 g/mol. The number of carbonyl (C=O) groups excluding carboxylic acids is 1. The first-order valence-corrected chi connectivity index (χ1v) is 5.15. The first-order valence-electron chi connectivity index (χ1n) is 5.15. The average Bonchev–Trinajstić information content (AvgIpc) is 2.66. The number of aromatic nitrogens is 2. The molecule has 0 fully saturated rings. The quantitative estimate of drug-likeness (QED) is 0.690. The van der Waals surface area contributed by atoms with Gasteiger partial charge in [0.2, 0.25) is 5.91 Å². The van der Waals surface area contributed by atoms with Gasteiger partial charge in [0.25, 0.3) is 0 Å². The van der Waals surface area contributed by atoms with Crippen molar-refractivity contribution in [2.24, 2.45) is 0 Å². The Hall–Kier alpha value is -1.85. The number of carbonyl (C=O) groups is 2. The van der Waals surface area contributed by atoms with Crippen LogP contribution in [0.1, 0.15) is 30.3 Å². The summed E-state index contributed by atoms with van der Waals surface area (Å²) in [6.45, 7) is 2.79. The van der Waals surface area contributed by atoms with Crippen molar-refractivity contribution in [2.75, 3.05) is 6.54 Å². The Morgan fingerprint density at radius 1 is 1.56 bits per heavy atom. The summed E-state index contributed by atoms with van der Waals surface area (Å²) in [6.07, 6.45) is 4.63. The van der Waals surface area contributed by atoms with Crippen LogP contribution in [-0.4, -0.2) is 33.1 Å². The van der Waals surface area contributed by atoms with Crippen molar-refractivity contribution < 1.29 is 14.7 Å². The molecule has 0 aliphatic rings. The van der Waals surface area contributed by atoms with E-state index in [0.717, 1.165) is 12.8 Å². The van der Waals surface area contributed by atoms with Crippen molar-refractivity contribution in [2.45, 2.75) is 26.3 Å². The number of imidazole rings is 1. The summed E-state index contributed by atoms with van der Waals surface area (Å²) in [6, 6.07) is 0. The molecule has 88 valence electrons. The third kappa shape index (κ3) is 3.72. The zero-order chi connectivity index (χ0) is 12.0. The largest absolute Gasteiger partial charge is 0.476 e.